The molecule has 1 unspecified atom stereocenters. The molecule has 3 aliphatic carbocycles. The highest BCUT2D eigenvalue weighted by molar-refractivity contribution is 7.10. The molecular weight excluding hydrogens is 350 g/mol. The van der Waals surface area contributed by atoms with E-state index in [0.29, 0.717) is 17.4 Å². The van der Waals surface area contributed by atoms with E-state index in [1.807, 2.05) is 17.4 Å². The van der Waals surface area contributed by atoms with Crippen molar-refractivity contribution in [3.63, 3.8) is 0 Å². The van der Waals surface area contributed by atoms with Gasteiger partial charge in [-0.15, -0.1) is 11.3 Å². The number of hydrogen-bond acceptors (Lipinski definition) is 2. The van der Waals surface area contributed by atoms with Crippen LogP contribution in [0, 0.1) is 34.5 Å². The van der Waals surface area contributed by atoms with Crippen molar-refractivity contribution >= 4 is 17.2 Å². The van der Waals surface area contributed by atoms with Crippen LogP contribution in [0.15, 0.2) is 29.7 Å². The van der Waals surface area contributed by atoms with Gasteiger partial charge in [0.15, 0.2) is 0 Å². The summed E-state index contributed by atoms with van der Waals surface area (Å²) in [6, 6.07) is 4.91. The normalized spacial score (nSPS) is 46.9. The highest BCUT2D eigenvalue weighted by atomic mass is 32.1. The minimum absolute atomic E-state index is 0.113. The molecular formula is C24H33NOS. The molecule has 8 atom stereocenters. The molecule has 2 nitrogen and oxygen atoms in total. The minimum atomic E-state index is 0.113. The van der Waals surface area contributed by atoms with Crippen LogP contribution in [0.3, 0.4) is 0 Å². The lowest BCUT2D eigenvalue weighted by atomic mass is 9.47. The number of thiophene rings is 1. The van der Waals surface area contributed by atoms with Gasteiger partial charge in [0.05, 0.1) is 0 Å². The van der Waals surface area contributed by atoms with Crippen LogP contribution in [0.5, 0.6) is 0 Å². The predicted molar refractivity (Wildman–Crippen MR) is 112 cm³/mol. The van der Waals surface area contributed by atoms with Gasteiger partial charge in [-0.2, -0.15) is 0 Å². The Bertz CT molecular complexity index is 754. The fourth-order valence-electron chi connectivity index (χ4n) is 7.94. The Morgan fingerprint density at radius 1 is 1.15 bits per heavy atom. The molecule has 27 heavy (non-hydrogen) atoms. The first-order chi connectivity index (χ1) is 12.9. The van der Waals surface area contributed by atoms with Crippen molar-refractivity contribution in [3.8, 4) is 0 Å². The number of fused-ring (bicyclic) bond motifs is 5. The van der Waals surface area contributed by atoms with Crippen molar-refractivity contribution in [3.05, 3.63) is 34.5 Å². The molecule has 0 bridgehead atoms. The lowest BCUT2D eigenvalue weighted by molar-refractivity contribution is -0.122. The Kier molecular flexibility index (Phi) is 4.13. The number of amides is 1. The summed E-state index contributed by atoms with van der Waals surface area (Å²) in [6.07, 6.45) is 12.1. The number of nitrogens with one attached hydrogen (secondary N) is 1. The van der Waals surface area contributed by atoms with Gasteiger partial charge >= 0.3 is 0 Å². The highest BCUT2D eigenvalue weighted by Gasteiger charge is 2.60. The standard InChI is InChI=1S/C24H33NOS/c1-15(20-5-4-14-27-20)17-7-8-18-16-6-9-21-24(3,13-11-22(26)25-21)19(16)10-12-23(17,18)2/h4-5,11,13-19,21H,6-10,12H2,1-3H3,(H,25,26)/t15?,16-,17+,18-,19-,21+,23+,24+/m0/s1. The van der Waals surface area contributed by atoms with Gasteiger partial charge in [0.1, 0.15) is 0 Å². The second-order valence-corrected chi connectivity index (χ2v) is 11.2. The SMILES string of the molecule is CC(c1cccs1)[C@H]1CC[C@H]2[C@@H]3CC[C@H]4NC(=O)C=C[C@]4(C)[C@H]3CC[C@]12C. The zero-order chi connectivity index (χ0) is 18.8. The number of carbonyl (C=O) groups excluding carboxylic acids is 1. The molecule has 5 rings (SSSR count). The maximum atomic E-state index is 11.9. The molecule has 0 radical (unpaired) electrons. The van der Waals surface area contributed by atoms with Crippen LogP contribution in [0.4, 0.5) is 0 Å². The summed E-state index contributed by atoms with van der Waals surface area (Å²) < 4.78 is 0. The Labute approximate surface area is 167 Å². The van der Waals surface area contributed by atoms with Gasteiger partial charge in [0.2, 0.25) is 5.91 Å². The average molecular weight is 384 g/mol. The minimum Gasteiger partial charge on any atom is -0.349 e. The summed E-state index contributed by atoms with van der Waals surface area (Å²) in [5, 5.41) is 5.52. The highest BCUT2D eigenvalue weighted by Crippen LogP contribution is 2.66. The first kappa shape index (κ1) is 18.0. The van der Waals surface area contributed by atoms with Crippen LogP contribution in [-0.2, 0) is 4.79 Å². The van der Waals surface area contributed by atoms with Crippen molar-refractivity contribution in [2.24, 2.45) is 34.5 Å². The molecule has 0 spiro atoms. The quantitative estimate of drug-likeness (QED) is 0.690. The van der Waals surface area contributed by atoms with E-state index in [-0.39, 0.29) is 11.3 Å². The van der Waals surface area contributed by atoms with Crippen LogP contribution < -0.4 is 5.32 Å². The molecule has 1 amide bonds. The molecule has 1 N–H and O–H groups in total. The summed E-state index contributed by atoms with van der Waals surface area (Å²) in [6.45, 7) is 7.53. The molecule has 1 aromatic heterocycles. The van der Waals surface area contributed by atoms with E-state index in [0.717, 1.165) is 30.1 Å². The van der Waals surface area contributed by atoms with E-state index in [4.69, 9.17) is 0 Å². The Morgan fingerprint density at radius 2 is 2.00 bits per heavy atom. The van der Waals surface area contributed by atoms with Crippen molar-refractivity contribution < 1.29 is 4.79 Å². The lowest BCUT2D eigenvalue weighted by Gasteiger charge is -2.59. The number of carbonyl (C=O) groups is 1. The van der Waals surface area contributed by atoms with E-state index in [2.05, 4.69) is 49.7 Å². The number of rotatable bonds is 2. The largest absolute Gasteiger partial charge is 0.349 e. The first-order valence-corrected chi connectivity index (χ1v) is 11.8. The van der Waals surface area contributed by atoms with Crippen molar-refractivity contribution in [2.45, 2.75) is 71.3 Å². The summed E-state index contributed by atoms with van der Waals surface area (Å²) >= 11 is 1.94. The summed E-state index contributed by atoms with van der Waals surface area (Å²) in [4.78, 5) is 13.5. The fourth-order valence-corrected chi connectivity index (χ4v) is 8.79. The van der Waals surface area contributed by atoms with Crippen LogP contribution in [0.25, 0.3) is 0 Å². The average Bonchev–Trinajstić information content (AvgIpc) is 3.29. The summed E-state index contributed by atoms with van der Waals surface area (Å²) in [7, 11) is 0. The van der Waals surface area contributed by atoms with E-state index in [1.54, 1.807) is 4.88 Å². The Hall–Kier alpha value is -1.09. The van der Waals surface area contributed by atoms with Gasteiger partial charge in [0.25, 0.3) is 0 Å². The van der Waals surface area contributed by atoms with Gasteiger partial charge < -0.3 is 5.32 Å². The van der Waals surface area contributed by atoms with Crippen LogP contribution in [0.2, 0.25) is 0 Å². The van der Waals surface area contributed by atoms with E-state index < -0.39 is 0 Å². The maximum Gasteiger partial charge on any atom is 0.243 e. The summed E-state index contributed by atoms with van der Waals surface area (Å²) in [5.74, 6) is 4.08. The molecule has 4 aliphatic rings. The van der Waals surface area contributed by atoms with Crippen molar-refractivity contribution in [1.29, 1.82) is 0 Å². The van der Waals surface area contributed by atoms with Crippen LogP contribution >= 0.6 is 11.3 Å². The fraction of sp³-hybridized carbons (Fsp3) is 0.708. The van der Waals surface area contributed by atoms with E-state index in [1.165, 1.54) is 32.1 Å². The monoisotopic (exact) mass is 383 g/mol. The van der Waals surface area contributed by atoms with E-state index >= 15 is 0 Å². The summed E-state index contributed by atoms with van der Waals surface area (Å²) in [5.41, 5.74) is 0.658. The zero-order valence-corrected chi connectivity index (χ0v) is 17.7. The van der Waals surface area contributed by atoms with Gasteiger partial charge in [-0.25, -0.2) is 0 Å². The first-order valence-electron chi connectivity index (χ1n) is 11.0. The van der Waals surface area contributed by atoms with E-state index in [9.17, 15) is 4.79 Å². The molecule has 3 heteroatoms. The van der Waals surface area contributed by atoms with Gasteiger partial charge in [-0.1, -0.05) is 32.9 Å². The molecule has 3 saturated carbocycles. The maximum absolute atomic E-state index is 11.9. The Balaban J connectivity index is 1.43. The molecule has 146 valence electrons. The predicted octanol–water partition coefficient (Wildman–Crippen LogP) is 5.77. The second kappa shape index (κ2) is 6.20. The van der Waals surface area contributed by atoms with Gasteiger partial charge in [-0.05, 0) is 91.1 Å². The molecule has 0 aromatic carbocycles. The van der Waals surface area contributed by atoms with Crippen molar-refractivity contribution in [2.75, 3.05) is 0 Å². The van der Waals surface area contributed by atoms with Crippen molar-refractivity contribution in [1.82, 2.24) is 5.32 Å². The Morgan fingerprint density at radius 3 is 2.78 bits per heavy atom. The molecule has 1 aliphatic heterocycles. The lowest BCUT2D eigenvalue weighted by Crippen LogP contribution is -2.59. The molecule has 1 aromatic rings. The van der Waals surface area contributed by atoms with Crippen LogP contribution in [-0.4, -0.2) is 11.9 Å². The molecule has 2 heterocycles. The van der Waals surface area contributed by atoms with Gasteiger partial charge in [-0.3, -0.25) is 4.79 Å². The smallest absolute Gasteiger partial charge is 0.243 e. The third kappa shape index (κ3) is 2.53. The molecule has 0 saturated heterocycles. The number of hydrogen-bond donors (Lipinski definition) is 1. The third-order valence-electron chi connectivity index (χ3n) is 9.35. The van der Waals surface area contributed by atoms with Gasteiger partial charge in [0, 0.05) is 16.3 Å². The molecule has 3 fully saturated rings. The second-order valence-electron chi connectivity index (χ2n) is 10.2. The topological polar surface area (TPSA) is 29.1 Å². The third-order valence-corrected chi connectivity index (χ3v) is 10.4. The zero-order valence-electron chi connectivity index (χ0n) is 16.9. The van der Waals surface area contributed by atoms with Crippen LogP contribution in [0.1, 0.15) is 70.1 Å².